The van der Waals surface area contributed by atoms with Crippen LogP contribution >= 0.6 is 23.2 Å². The summed E-state index contributed by atoms with van der Waals surface area (Å²) in [5, 5.41) is 29.6. The minimum absolute atomic E-state index is 0. The van der Waals surface area contributed by atoms with E-state index >= 15 is 0 Å². The molecule has 2 heterocycles. The Bertz CT molecular complexity index is 3420. The van der Waals surface area contributed by atoms with Gasteiger partial charge in [-0.1, -0.05) is 11.5 Å². The second kappa shape index (κ2) is 22.2. The van der Waals surface area contributed by atoms with Crippen LogP contribution in [0.15, 0.2) is 102 Å². The number of aromatic nitrogens is 6. The average molecular weight is 1060 g/mol. The molecule has 7 aromatic rings. The third-order valence-electron chi connectivity index (χ3n) is 8.16. The number of nitrogens with zero attached hydrogens (tertiary/aromatic N) is 6. The van der Waals surface area contributed by atoms with Crippen LogP contribution in [0.25, 0.3) is 21.5 Å². The second-order valence-corrected chi connectivity index (χ2v) is 18.7. The van der Waals surface area contributed by atoms with E-state index in [9.17, 15) is 62.1 Å². The molecule has 0 saturated carbocycles. The van der Waals surface area contributed by atoms with Crippen molar-refractivity contribution in [3.05, 3.63) is 94.6 Å². The van der Waals surface area contributed by atoms with Gasteiger partial charge in [0.2, 0.25) is 33.7 Å². The molecule has 7 rings (SSSR count). The molecule has 0 aliphatic carbocycles. The van der Waals surface area contributed by atoms with Crippen LogP contribution < -0.4 is 150 Å². The van der Waals surface area contributed by atoms with Crippen molar-refractivity contribution >= 4 is 120 Å². The molecule has 24 nitrogen and oxygen atoms in total. The predicted octanol–water partition coefficient (Wildman–Crippen LogP) is -10.0. The number of hydrogen-bond acceptors (Lipinski definition) is 20. The van der Waals surface area contributed by atoms with Gasteiger partial charge >= 0.3 is 118 Å². The molecule has 322 valence electrons. The molecule has 0 amide bonds. The van der Waals surface area contributed by atoms with E-state index in [2.05, 4.69) is 50.5 Å². The van der Waals surface area contributed by atoms with Gasteiger partial charge in [0.25, 0.3) is 20.2 Å². The fourth-order valence-corrected chi connectivity index (χ4v) is 8.09. The van der Waals surface area contributed by atoms with Crippen LogP contribution in [0, 0.1) is 0 Å². The number of rotatable bonds is 10. The first-order valence-electron chi connectivity index (χ1n) is 16.3. The van der Waals surface area contributed by atoms with Crippen molar-refractivity contribution in [3.8, 4) is 11.5 Å². The number of hydrogen-bond donors (Lipinski definition) is 6. The normalized spacial score (nSPS) is 12.4. The van der Waals surface area contributed by atoms with Crippen LogP contribution in [0.2, 0.25) is 10.6 Å². The van der Waals surface area contributed by atoms with Crippen molar-refractivity contribution in [3.63, 3.8) is 0 Å². The minimum atomic E-state index is -5.18. The molecule has 0 radical (unpaired) electrons. The average Bonchev–Trinajstić information content (AvgIpc) is 3.13. The quantitative estimate of drug-likeness (QED) is 0.0547. The van der Waals surface area contributed by atoms with Gasteiger partial charge in [0.15, 0.2) is 0 Å². The number of anilines is 4. The van der Waals surface area contributed by atoms with E-state index in [-0.39, 0.29) is 173 Å². The Labute approximate surface area is 470 Å². The summed E-state index contributed by atoms with van der Waals surface area (Å²) < 4.78 is 137. The third kappa shape index (κ3) is 13.9. The first-order valence-corrected chi connectivity index (χ1v) is 22.7. The largest absolute Gasteiger partial charge is 1.00 e. The van der Waals surface area contributed by atoms with Gasteiger partial charge in [0, 0.05) is 11.4 Å². The summed E-state index contributed by atoms with van der Waals surface area (Å²) in [6.45, 7) is 0. The molecule has 5 aromatic carbocycles. The molecular weight excluding hydrogens is 1040 g/mol. The second-order valence-electron chi connectivity index (χ2n) is 12.4. The summed E-state index contributed by atoms with van der Waals surface area (Å²) in [5.41, 5.74) is -0.953. The Morgan fingerprint density at radius 1 is 0.515 bits per heavy atom. The van der Waals surface area contributed by atoms with Crippen LogP contribution in [-0.4, -0.2) is 81.8 Å². The molecule has 66 heavy (non-hydrogen) atoms. The molecule has 0 unspecified atom stereocenters. The summed E-state index contributed by atoms with van der Waals surface area (Å²) in [7, 11) is -20.2. The zero-order valence-electron chi connectivity index (χ0n) is 33.8. The van der Waals surface area contributed by atoms with Gasteiger partial charge in [-0.3, -0.25) is 19.1 Å². The standard InChI is InChI=1S/C32H22Cl2N10O14S4.4Na/c33-27-39-29(43-31(41-27)37-21-9-17(59(47,48)49)5-13-7-19(61(53,54)55)11-23(45)25(13)21)35-15-1-2-16(4-3-15)36-30-40-28(34)42-32(44-30)38-22-10-18(60(50,51)52)6-14-8-20(62(56,57)58)12-24(46)26(14)22;;;;/h1-12,45-46H,(H,47,48,49)(H,50,51,52)(H,53,54,55)(H,56,57,58)(H2,35,37,39,41,43)(H2,36,38,40,42,44);;;;/q;4*+1/p-4. The number of aromatic amines is 2. The maximum absolute atomic E-state index is 12.9. The van der Waals surface area contributed by atoms with E-state index < -0.39 is 82.9 Å². The van der Waals surface area contributed by atoms with Gasteiger partial charge in [0.1, 0.15) is 20.2 Å². The van der Waals surface area contributed by atoms with Crippen molar-refractivity contribution in [2.75, 3.05) is 10.6 Å². The fourth-order valence-electron chi connectivity index (χ4n) is 5.64. The number of nitrogens with one attached hydrogen (secondary N) is 4. The van der Waals surface area contributed by atoms with Gasteiger partial charge in [0.05, 0.1) is 31.0 Å². The van der Waals surface area contributed by atoms with Crippen molar-refractivity contribution < 1.29 is 180 Å². The van der Waals surface area contributed by atoms with Crippen LogP contribution in [0.1, 0.15) is 0 Å². The maximum Gasteiger partial charge on any atom is 1.00 e. The molecule has 0 aliphatic heterocycles. The zero-order chi connectivity index (χ0) is 45.1. The van der Waals surface area contributed by atoms with E-state index in [1.807, 2.05) is 0 Å². The number of halogens is 2. The smallest absolute Gasteiger partial charge is 0.872 e. The van der Waals surface area contributed by atoms with E-state index in [0.717, 1.165) is 36.4 Å². The molecule has 0 atom stereocenters. The van der Waals surface area contributed by atoms with Gasteiger partial charge < -0.3 is 30.0 Å². The number of H-pyrrole nitrogens is 2. The van der Waals surface area contributed by atoms with Gasteiger partial charge in [-0.2, -0.15) is 36.8 Å². The molecule has 0 bridgehead atoms. The summed E-state index contributed by atoms with van der Waals surface area (Å²) in [6, 6.07) is 11.7. The van der Waals surface area contributed by atoms with E-state index in [0.29, 0.717) is 23.5 Å². The van der Waals surface area contributed by atoms with Crippen molar-refractivity contribution in [1.82, 2.24) is 29.9 Å². The van der Waals surface area contributed by atoms with E-state index in [1.165, 1.54) is 24.3 Å². The van der Waals surface area contributed by atoms with Crippen LogP contribution in [0.3, 0.4) is 0 Å². The zero-order valence-corrected chi connectivity index (χ0v) is 46.6. The molecular formula is C32H18Cl2N10Na4O14S4. The fraction of sp³-hybridized carbons (Fsp3) is 0. The Hall–Kier alpha value is -2.34. The van der Waals surface area contributed by atoms with E-state index in [1.54, 1.807) is 0 Å². The molecule has 0 aliphatic rings. The predicted molar refractivity (Wildman–Crippen MR) is 209 cm³/mol. The third-order valence-corrected chi connectivity index (χ3v) is 11.8. The summed E-state index contributed by atoms with van der Waals surface area (Å²) in [4.78, 5) is 26.0. The summed E-state index contributed by atoms with van der Waals surface area (Å²) in [6.07, 6.45) is 0. The Balaban J connectivity index is 0.00000289. The first kappa shape index (κ1) is 58.0. The van der Waals surface area contributed by atoms with E-state index in [4.69, 9.17) is 23.2 Å². The van der Waals surface area contributed by atoms with Gasteiger partial charge in [-0.25, -0.2) is 26.8 Å². The van der Waals surface area contributed by atoms with Crippen molar-refractivity contribution in [2.45, 2.75) is 19.6 Å². The van der Waals surface area contributed by atoms with Crippen LogP contribution in [-0.2, 0) is 40.5 Å². The van der Waals surface area contributed by atoms with Crippen LogP contribution in [0.5, 0.6) is 11.5 Å². The summed E-state index contributed by atoms with van der Waals surface area (Å²) in [5.74, 6) is -2.40. The monoisotopic (exact) mass is 1060 g/mol. The molecule has 34 heteroatoms. The first-order chi connectivity index (χ1) is 28.8. The van der Waals surface area contributed by atoms with Crippen molar-refractivity contribution in [1.29, 1.82) is 0 Å². The summed E-state index contributed by atoms with van der Waals surface area (Å²) >= 11 is 12.3. The molecule has 6 N–H and O–H groups in total. The Kier molecular flexibility index (Phi) is 19.5. The number of benzene rings is 5. The van der Waals surface area contributed by atoms with Gasteiger partial charge in [-0.15, -0.1) is 0 Å². The molecule has 0 saturated heterocycles. The Morgan fingerprint density at radius 2 is 0.833 bits per heavy atom. The molecule has 0 fully saturated rings. The maximum atomic E-state index is 12.9. The Morgan fingerprint density at radius 3 is 1.14 bits per heavy atom. The SMILES string of the molecule is O=S(=O)([O-])c1cc(N=c2nc(Nc3ccc(Nc4nc(Cl)[nH]c(=Nc5cc(S(=O)(=O)[O-])cc6cc(S(=O)(=O)O)cc([O-])c56)n4)cc3)nc(Cl)[nH]2)c2c([O-])cc(S(=O)(=O)O)cc2c1.[Na+].[Na+].[Na+].[Na+]. The topological polar surface area (TPSA) is 401 Å². The minimum Gasteiger partial charge on any atom is -0.872 e. The van der Waals surface area contributed by atoms with Crippen molar-refractivity contribution in [2.24, 2.45) is 9.98 Å². The molecule has 2 aromatic heterocycles. The van der Waals surface area contributed by atoms with Gasteiger partial charge in [-0.05, 0) is 118 Å². The van der Waals surface area contributed by atoms with Crippen LogP contribution in [0.4, 0.5) is 34.6 Å². The molecule has 0 spiro atoms. The number of fused-ring (bicyclic) bond motifs is 2.